The van der Waals surface area contributed by atoms with Crippen molar-refractivity contribution in [3.63, 3.8) is 0 Å². The Balaban J connectivity index is 2.45. The third-order valence-electron chi connectivity index (χ3n) is 2.46. The van der Waals surface area contributed by atoms with Gasteiger partial charge in [-0.25, -0.2) is 0 Å². The van der Waals surface area contributed by atoms with Crippen LogP contribution in [0.5, 0.6) is 0 Å². The summed E-state index contributed by atoms with van der Waals surface area (Å²) >= 11 is 0. The van der Waals surface area contributed by atoms with Crippen LogP contribution in [0.15, 0.2) is 0 Å². The van der Waals surface area contributed by atoms with E-state index in [-0.39, 0.29) is 11.2 Å². The van der Waals surface area contributed by atoms with Gasteiger partial charge in [0, 0.05) is 0 Å². The molecule has 1 fully saturated rings. The summed E-state index contributed by atoms with van der Waals surface area (Å²) in [6, 6.07) is 0. The van der Waals surface area contributed by atoms with E-state index in [0.717, 1.165) is 12.8 Å². The van der Waals surface area contributed by atoms with Crippen molar-refractivity contribution in [2.75, 3.05) is 0 Å². The van der Waals surface area contributed by atoms with Gasteiger partial charge in [0.05, 0.1) is 0 Å². The molecule has 0 heterocycles. The lowest BCUT2D eigenvalue weighted by Gasteiger charge is -2.43. The third-order valence-corrected chi connectivity index (χ3v) is 2.46. The third kappa shape index (κ3) is 1.12. The summed E-state index contributed by atoms with van der Waals surface area (Å²) in [5, 5.41) is 17.5. The fourth-order valence-electron chi connectivity index (χ4n) is 1.44. The Bertz CT molecular complexity index is 112. The number of rotatable bonds is 1. The van der Waals surface area contributed by atoms with Crippen LogP contribution in [0.3, 0.4) is 0 Å². The minimum atomic E-state index is -1.10. The first-order chi connectivity index (χ1) is 4.04. The molecule has 2 N–H and O–H groups in total. The molecule has 1 saturated carbocycles. The zero-order valence-electron chi connectivity index (χ0n) is 5.96. The van der Waals surface area contributed by atoms with Gasteiger partial charge in [-0.1, -0.05) is 20.3 Å². The first-order valence-corrected chi connectivity index (χ1v) is 3.40. The van der Waals surface area contributed by atoms with Gasteiger partial charge in [0.25, 0.3) is 0 Å². The molecule has 1 atom stereocenters. The zero-order valence-corrected chi connectivity index (χ0v) is 5.96. The van der Waals surface area contributed by atoms with Crippen molar-refractivity contribution in [2.45, 2.75) is 32.5 Å². The lowest BCUT2D eigenvalue weighted by Crippen LogP contribution is -2.40. The van der Waals surface area contributed by atoms with E-state index in [2.05, 4.69) is 13.8 Å². The van der Waals surface area contributed by atoms with Gasteiger partial charge in [0.15, 0.2) is 0 Å². The van der Waals surface area contributed by atoms with Crippen LogP contribution in [0.1, 0.15) is 26.7 Å². The van der Waals surface area contributed by atoms with Gasteiger partial charge in [-0.3, -0.25) is 0 Å². The van der Waals surface area contributed by atoms with Crippen LogP contribution < -0.4 is 0 Å². The van der Waals surface area contributed by atoms with Crippen molar-refractivity contribution in [1.29, 1.82) is 0 Å². The standard InChI is InChI=1S/C6H13BO2/c1-6(2)4-3-5(6)7(8)9/h5,8-9H,3-4H2,1-2H3. The molecule has 2 nitrogen and oxygen atoms in total. The van der Waals surface area contributed by atoms with E-state index < -0.39 is 7.12 Å². The van der Waals surface area contributed by atoms with Gasteiger partial charge in [-0.05, 0) is 17.7 Å². The van der Waals surface area contributed by atoms with E-state index in [1.54, 1.807) is 0 Å². The van der Waals surface area contributed by atoms with Crippen molar-refractivity contribution >= 4 is 7.12 Å². The molecule has 0 saturated heterocycles. The summed E-state index contributed by atoms with van der Waals surface area (Å²) < 4.78 is 0. The topological polar surface area (TPSA) is 40.5 Å². The van der Waals surface area contributed by atoms with Gasteiger partial charge < -0.3 is 10.0 Å². The molecule has 9 heavy (non-hydrogen) atoms. The molecule has 1 unspecified atom stereocenters. The second-order valence-corrected chi connectivity index (χ2v) is 3.55. The highest BCUT2D eigenvalue weighted by molar-refractivity contribution is 6.43. The van der Waals surface area contributed by atoms with Crippen molar-refractivity contribution in [3.05, 3.63) is 0 Å². The summed E-state index contributed by atoms with van der Waals surface area (Å²) in [5.74, 6) is 0.109. The highest BCUT2D eigenvalue weighted by Crippen LogP contribution is 2.51. The van der Waals surface area contributed by atoms with Crippen LogP contribution >= 0.6 is 0 Å². The SMILES string of the molecule is CC1(C)CCC1B(O)O. The largest absolute Gasteiger partial charge is 0.455 e. The number of hydrogen-bond donors (Lipinski definition) is 2. The minimum Gasteiger partial charge on any atom is -0.427 e. The molecule has 0 radical (unpaired) electrons. The zero-order chi connectivity index (χ0) is 7.07. The fraction of sp³-hybridized carbons (Fsp3) is 1.00. The monoisotopic (exact) mass is 128 g/mol. The van der Waals surface area contributed by atoms with E-state index in [1.807, 2.05) is 0 Å². The van der Waals surface area contributed by atoms with E-state index in [1.165, 1.54) is 0 Å². The van der Waals surface area contributed by atoms with Crippen molar-refractivity contribution in [3.8, 4) is 0 Å². The summed E-state index contributed by atoms with van der Waals surface area (Å²) in [6.07, 6.45) is 2.08. The van der Waals surface area contributed by atoms with Crippen LogP contribution in [0.25, 0.3) is 0 Å². The molecule has 0 aromatic heterocycles. The predicted molar refractivity (Wildman–Crippen MR) is 37.0 cm³/mol. The van der Waals surface area contributed by atoms with Crippen LogP contribution in [-0.4, -0.2) is 17.2 Å². The van der Waals surface area contributed by atoms with Gasteiger partial charge in [-0.15, -0.1) is 0 Å². The van der Waals surface area contributed by atoms with E-state index in [9.17, 15) is 0 Å². The summed E-state index contributed by atoms with van der Waals surface area (Å²) in [5.41, 5.74) is 0.161. The van der Waals surface area contributed by atoms with Crippen molar-refractivity contribution in [1.82, 2.24) is 0 Å². The quantitative estimate of drug-likeness (QED) is 0.509. The molecular weight excluding hydrogens is 115 g/mol. The second-order valence-electron chi connectivity index (χ2n) is 3.55. The maximum Gasteiger partial charge on any atom is 0.455 e. The Morgan fingerprint density at radius 3 is 2.00 bits per heavy atom. The highest BCUT2D eigenvalue weighted by Gasteiger charge is 2.45. The smallest absolute Gasteiger partial charge is 0.427 e. The van der Waals surface area contributed by atoms with E-state index in [4.69, 9.17) is 10.0 Å². The minimum absolute atomic E-state index is 0.109. The average molecular weight is 128 g/mol. The molecule has 0 aromatic carbocycles. The van der Waals surface area contributed by atoms with Gasteiger partial charge in [0.1, 0.15) is 0 Å². The normalized spacial score (nSPS) is 31.3. The Kier molecular flexibility index (Phi) is 1.57. The van der Waals surface area contributed by atoms with Gasteiger partial charge >= 0.3 is 7.12 Å². The molecule has 0 bridgehead atoms. The van der Waals surface area contributed by atoms with E-state index in [0.29, 0.717) is 0 Å². The molecule has 1 aliphatic rings. The lowest BCUT2D eigenvalue weighted by molar-refractivity contribution is 0.155. The summed E-state index contributed by atoms with van der Waals surface area (Å²) in [4.78, 5) is 0. The molecule has 52 valence electrons. The second kappa shape index (κ2) is 1.99. The molecule has 0 aliphatic heterocycles. The maximum absolute atomic E-state index is 8.76. The van der Waals surface area contributed by atoms with Gasteiger partial charge in [0.2, 0.25) is 0 Å². The highest BCUT2D eigenvalue weighted by atomic mass is 16.4. The first kappa shape index (κ1) is 7.10. The van der Waals surface area contributed by atoms with Crippen LogP contribution in [0.2, 0.25) is 5.82 Å². The Morgan fingerprint density at radius 1 is 1.44 bits per heavy atom. The molecular formula is C6H13BO2. The van der Waals surface area contributed by atoms with E-state index >= 15 is 0 Å². The van der Waals surface area contributed by atoms with Crippen LogP contribution in [0, 0.1) is 5.41 Å². The molecule has 0 aromatic rings. The number of hydrogen-bond acceptors (Lipinski definition) is 2. The Labute approximate surface area is 56.0 Å². The fourth-order valence-corrected chi connectivity index (χ4v) is 1.44. The van der Waals surface area contributed by atoms with Crippen LogP contribution in [-0.2, 0) is 0 Å². The Hall–Kier alpha value is -0.0151. The lowest BCUT2D eigenvalue weighted by atomic mass is 9.48. The summed E-state index contributed by atoms with van der Waals surface area (Å²) in [7, 11) is -1.10. The molecule has 0 spiro atoms. The predicted octanol–water partition coefficient (Wildman–Crippen LogP) is 0.649. The van der Waals surface area contributed by atoms with Crippen molar-refractivity contribution < 1.29 is 10.0 Å². The molecule has 3 heteroatoms. The Morgan fingerprint density at radius 2 is 2.00 bits per heavy atom. The first-order valence-electron chi connectivity index (χ1n) is 3.40. The molecule has 1 rings (SSSR count). The van der Waals surface area contributed by atoms with Crippen LogP contribution in [0.4, 0.5) is 0 Å². The van der Waals surface area contributed by atoms with Crippen molar-refractivity contribution in [2.24, 2.45) is 5.41 Å². The average Bonchev–Trinajstić information content (AvgIpc) is 1.62. The molecule has 0 amide bonds. The molecule has 1 aliphatic carbocycles. The summed E-state index contributed by atoms with van der Waals surface area (Å²) in [6.45, 7) is 4.14. The van der Waals surface area contributed by atoms with Gasteiger partial charge in [-0.2, -0.15) is 0 Å². The maximum atomic E-state index is 8.76.